The Balaban J connectivity index is 1.55. The van der Waals surface area contributed by atoms with E-state index < -0.39 is 6.04 Å². The Morgan fingerprint density at radius 2 is 1.73 bits per heavy atom. The third kappa shape index (κ3) is 5.43. The maximum absolute atomic E-state index is 13.4. The number of carbonyl (C=O) groups is 2. The van der Waals surface area contributed by atoms with Crippen LogP contribution >= 0.6 is 23.4 Å². The smallest absolute Gasteiger partial charge is 0.323 e. The van der Waals surface area contributed by atoms with Gasteiger partial charge in [0.05, 0.1) is 12.8 Å². The number of hydrogen-bond donors (Lipinski definition) is 2. The van der Waals surface area contributed by atoms with Gasteiger partial charge in [-0.05, 0) is 35.4 Å². The van der Waals surface area contributed by atoms with E-state index in [-0.39, 0.29) is 17.3 Å². The highest BCUT2D eigenvalue weighted by molar-refractivity contribution is 7.99. The van der Waals surface area contributed by atoms with Gasteiger partial charge in [0.2, 0.25) is 5.91 Å². The number of nitrogens with one attached hydrogen (secondary N) is 2. The zero-order valence-corrected chi connectivity index (χ0v) is 19.6. The van der Waals surface area contributed by atoms with Crippen LogP contribution in [0.1, 0.15) is 16.5 Å². The number of halogens is 1. The third-order valence-corrected chi connectivity index (χ3v) is 6.93. The molecule has 0 aromatic heterocycles. The molecule has 2 atom stereocenters. The van der Waals surface area contributed by atoms with Crippen LogP contribution in [0.4, 0.5) is 10.5 Å². The lowest BCUT2D eigenvalue weighted by Crippen LogP contribution is -2.49. The lowest BCUT2D eigenvalue weighted by Gasteiger charge is -2.29. The minimum atomic E-state index is -0.623. The van der Waals surface area contributed by atoms with Crippen molar-refractivity contribution in [2.45, 2.75) is 18.0 Å². The van der Waals surface area contributed by atoms with E-state index in [1.165, 1.54) is 0 Å². The molecule has 2 N–H and O–H groups in total. The average molecular weight is 482 g/mol. The van der Waals surface area contributed by atoms with Gasteiger partial charge in [0, 0.05) is 17.3 Å². The van der Waals surface area contributed by atoms with Crippen molar-refractivity contribution in [3.8, 4) is 5.75 Å². The fourth-order valence-corrected chi connectivity index (χ4v) is 5.22. The molecule has 1 aliphatic heterocycles. The largest absolute Gasteiger partial charge is 0.495 e. The summed E-state index contributed by atoms with van der Waals surface area (Å²) in [5.74, 6) is 0.842. The zero-order valence-electron chi connectivity index (χ0n) is 18.0. The predicted molar refractivity (Wildman–Crippen MR) is 133 cm³/mol. The molecular formula is C25H24ClN3O3S. The molecule has 3 amide bonds. The first-order valence-electron chi connectivity index (χ1n) is 10.5. The van der Waals surface area contributed by atoms with Crippen LogP contribution in [-0.4, -0.2) is 35.7 Å². The predicted octanol–water partition coefficient (Wildman–Crippen LogP) is 5.31. The molecule has 170 valence electrons. The number of rotatable bonds is 6. The average Bonchev–Trinajstić information content (AvgIpc) is 3.30. The number of thioether (sulfide) groups is 1. The topological polar surface area (TPSA) is 70.7 Å². The molecule has 33 heavy (non-hydrogen) atoms. The molecule has 1 aliphatic rings. The standard InChI is InChI=1S/C25H24ClN3O3S/c1-32-22-10-6-5-9-20(22)28-25(31)29-21(16-33-24(29)18-7-3-2-4-8-18)23(30)27-15-17-11-13-19(26)14-12-17/h2-14,21,24H,15-16H2,1H3,(H,27,30)(H,28,31). The summed E-state index contributed by atoms with van der Waals surface area (Å²) in [4.78, 5) is 28.2. The van der Waals surface area contributed by atoms with Gasteiger partial charge in [-0.3, -0.25) is 9.69 Å². The Morgan fingerprint density at radius 3 is 2.45 bits per heavy atom. The first kappa shape index (κ1) is 23.0. The second-order valence-corrected chi connectivity index (χ2v) is 9.04. The van der Waals surface area contributed by atoms with Gasteiger partial charge >= 0.3 is 6.03 Å². The number of para-hydroxylation sites is 2. The lowest BCUT2D eigenvalue weighted by atomic mass is 10.1. The van der Waals surface area contributed by atoms with E-state index >= 15 is 0 Å². The van der Waals surface area contributed by atoms with Crippen LogP contribution in [0.5, 0.6) is 5.75 Å². The Hall–Kier alpha value is -3.16. The molecule has 0 radical (unpaired) electrons. The quantitative estimate of drug-likeness (QED) is 0.500. The number of urea groups is 1. The Kier molecular flexibility index (Phi) is 7.42. The molecule has 1 fully saturated rings. The van der Waals surface area contributed by atoms with Crippen molar-refractivity contribution < 1.29 is 14.3 Å². The molecule has 0 aliphatic carbocycles. The minimum absolute atomic E-state index is 0.203. The number of benzene rings is 3. The first-order valence-corrected chi connectivity index (χ1v) is 11.9. The van der Waals surface area contributed by atoms with E-state index in [2.05, 4.69) is 10.6 Å². The summed E-state index contributed by atoms with van der Waals surface area (Å²) in [6.07, 6.45) is 0. The highest BCUT2D eigenvalue weighted by Crippen LogP contribution is 2.42. The molecule has 8 heteroatoms. The molecule has 3 aromatic carbocycles. The monoisotopic (exact) mass is 481 g/mol. The van der Waals surface area contributed by atoms with Gasteiger partial charge in [-0.2, -0.15) is 0 Å². The zero-order chi connectivity index (χ0) is 23.2. The van der Waals surface area contributed by atoms with Crippen LogP contribution in [0.15, 0.2) is 78.9 Å². The Labute approximate surface area is 202 Å². The fraction of sp³-hybridized carbons (Fsp3) is 0.200. The number of anilines is 1. The number of amides is 3. The van der Waals surface area contributed by atoms with Gasteiger partial charge in [-0.15, -0.1) is 11.8 Å². The second-order valence-electron chi connectivity index (χ2n) is 7.49. The van der Waals surface area contributed by atoms with E-state index in [9.17, 15) is 9.59 Å². The van der Waals surface area contributed by atoms with Crippen molar-refractivity contribution in [1.29, 1.82) is 0 Å². The van der Waals surface area contributed by atoms with E-state index in [0.717, 1.165) is 11.1 Å². The summed E-state index contributed by atoms with van der Waals surface area (Å²) in [7, 11) is 1.55. The van der Waals surface area contributed by atoms with Gasteiger partial charge in [0.1, 0.15) is 17.2 Å². The SMILES string of the molecule is COc1ccccc1NC(=O)N1C(C(=O)NCc2ccc(Cl)cc2)CSC1c1ccccc1. The van der Waals surface area contributed by atoms with E-state index in [1.807, 2.05) is 54.6 Å². The van der Waals surface area contributed by atoms with Crippen LogP contribution in [0.25, 0.3) is 0 Å². The van der Waals surface area contributed by atoms with E-state index in [4.69, 9.17) is 16.3 Å². The van der Waals surface area contributed by atoms with Gasteiger partial charge in [-0.25, -0.2) is 4.79 Å². The van der Waals surface area contributed by atoms with Gasteiger partial charge in [-0.1, -0.05) is 66.2 Å². The summed E-state index contributed by atoms with van der Waals surface area (Å²) in [6.45, 7) is 0.356. The van der Waals surface area contributed by atoms with Crippen molar-refractivity contribution in [3.63, 3.8) is 0 Å². The molecule has 0 spiro atoms. The summed E-state index contributed by atoms with van der Waals surface area (Å²) in [5, 5.41) is 6.24. The maximum Gasteiger partial charge on any atom is 0.323 e. The van der Waals surface area contributed by atoms with Crippen LogP contribution < -0.4 is 15.4 Å². The number of nitrogens with zero attached hydrogens (tertiary/aromatic N) is 1. The van der Waals surface area contributed by atoms with E-state index in [0.29, 0.717) is 28.8 Å². The summed E-state index contributed by atoms with van der Waals surface area (Å²) in [6, 6.07) is 23.2. The molecule has 4 rings (SSSR count). The van der Waals surface area contributed by atoms with E-state index in [1.54, 1.807) is 48.0 Å². The molecule has 1 saturated heterocycles. The normalized spacial score (nSPS) is 17.5. The maximum atomic E-state index is 13.4. The van der Waals surface area contributed by atoms with Crippen LogP contribution in [-0.2, 0) is 11.3 Å². The van der Waals surface area contributed by atoms with Gasteiger partial charge in [0.25, 0.3) is 0 Å². The highest BCUT2D eigenvalue weighted by atomic mass is 35.5. The number of hydrogen-bond acceptors (Lipinski definition) is 4. The molecule has 1 heterocycles. The van der Waals surface area contributed by atoms with Crippen molar-refractivity contribution in [2.24, 2.45) is 0 Å². The Bertz CT molecular complexity index is 1110. The van der Waals surface area contributed by atoms with Crippen molar-refractivity contribution in [1.82, 2.24) is 10.2 Å². The number of carbonyl (C=O) groups excluding carboxylic acids is 2. The summed E-state index contributed by atoms with van der Waals surface area (Å²) in [5.41, 5.74) is 2.45. The Morgan fingerprint density at radius 1 is 1.03 bits per heavy atom. The fourth-order valence-electron chi connectivity index (χ4n) is 3.67. The second kappa shape index (κ2) is 10.6. The highest BCUT2D eigenvalue weighted by Gasteiger charge is 2.42. The summed E-state index contributed by atoms with van der Waals surface area (Å²) < 4.78 is 5.36. The first-order chi connectivity index (χ1) is 16.1. The number of methoxy groups -OCH3 is 1. The van der Waals surface area contributed by atoms with Crippen LogP contribution in [0, 0.1) is 0 Å². The lowest BCUT2D eigenvalue weighted by molar-refractivity contribution is -0.124. The number of ether oxygens (including phenoxy) is 1. The molecule has 6 nitrogen and oxygen atoms in total. The summed E-state index contributed by atoms with van der Waals surface area (Å²) >= 11 is 7.51. The molecule has 0 bridgehead atoms. The van der Waals surface area contributed by atoms with Crippen molar-refractivity contribution in [3.05, 3.63) is 95.0 Å². The van der Waals surface area contributed by atoms with Crippen molar-refractivity contribution >= 4 is 41.0 Å². The molecule has 3 aromatic rings. The third-order valence-electron chi connectivity index (χ3n) is 5.35. The molecule has 2 unspecified atom stereocenters. The molecular weight excluding hydrogens is 458 g/mol. The van der Waals surface area contributed by atoms with Gasteiger partial charge < -0.3 is 15.4 Å². The molecule has 0 saturated carbocycles. The van der Waals surface area contributed by atoms with Crippen molar-refractivity contribution in [2.75, 3.05) is 18.2 Å². The van der Waals surface area contributed by atoms with Crippen LogP contribution in [0.2, 0.25) is 5.02 Å². The minimum Gasteiger partial charge on any atom is -0.495 e. The van der Waals surface area contributed by atoms with Gasteiger partial charge in [0.15, 0.2) is 0 Å². The van der Waals surface area contributed by atoms with Crippen LogP contribution in [0.3, 0.4) is 0 Å².